The van der Waals surface area contributed by atoms with Gasteiger partial charge >= 0.3 is 26.8 Å². The lowest BCUT2D eigenvalue weighted by Crippen LogP contribution is -2.42. The average Bonchev–Trinajstić information content (AvgIpc) is 3.19. The van der Waals surface area contributed by atoms with Crippen molar-refractivity contribution in [2.24, 2.45) is 36.4 Å². The Bertz CT molecular complexity index is 3040. The van der Waals surface area contributed by atoms with E-state index in [1.165, 1.54) is 50.2 Å². The number of azo groups is 3. The molecule has 0 aromatic heterocycles. The van der Waals surface area contributed by atoms with Gasteiger partial charge in [-0.2, -0.15) is 32.2 Å². The third-order valence-electron chi connectivity index (χ3n) is 8.53. The number of hydrogen-bond acceptors (Lipinski definition) is 22. The lowest BCUT2D eigenvalue weighted by atomic mass is 10.1. The molecule has 1 atom stereocenters. The Balaban J connectivity index is 1.80. The highest BCUT2D eigenvalue weighted by atomic mass is 32.3. The summed E-state index contributed by atoms with van der Waals surface area (Å²) in [6, 6.07) is 14.5. The summed E-state index contributed by atoms with van der Waals surface area (Å²) < 4.78 is 144. The molecule has 0 heterocycles. The van der Waals surface area contributed by atoms with Crippen molar-refractivity contribution in [1.82, 2.24) is 0 Å². The number of aromatic carboxylic acids is 1. The van der Waals surface area contributed by atoms with E-state index in [1.807, 2.05) is 0 Å². The molecule has 1 unspecified atom stereocenters. The van der Waals surface area contributed by atoms with Crippen molar-refractivity contribution >= 4 is 102 Å². The van der Waals surface area contributed by atoms with Crippen molar-refractivity contribution in [3.63, 3.8) is 0 Å². The Morgan fingerprint density at radius 2 is 0.921 bits per heavy atom. The highest BCUT2D eigenvalue weighted by Gasteiger charge is 2.35. The van der Waals surface area contributed by atoms with Crippen LogP contribution in [0, 0.1) is 0 Å². The van der Waals surface area contributed by atoms with E-state index >= 15 is 0 Å². The van der Waals surface area contributed by atoms with Crippen molar-refractivity contribution < 1.29 is 69.5 Å². The van der Waals surface area contributed by atoms with Gasteiger partial charge in [-0.05, 0) is 73.2 Å². The number of carbonyl (C=O) groups is 1. The molecule has 0 saturated heterocycles. The van der Waals surface area contributed by atoms with Gasteiger partial charge in [0.25, 0.3) is 0 Å². The Hall–Kier alpha value is -5.70. The van der Waals surface area contributed by atoms with Gasteiger partial charge in [0.2, 0.25) is 0 Å². The molecule has 0 aliphatic heterocycles. The Morgan fingerprint density at radius 1 is 0.587 bits per heavy atom. The lowest BCUT2D eigenvalue weighted by molar-refractivity contribution is 0.0698. The van der Waals surface area contributed by atoms with Gasteiger partial charge in [-0.25, -0.2) is 38.4 Å². The lowest BCUT2D eigenvalue weighted by Gasteiger charge is -2.24. The first-order valence-corrected chi connectivity index (χ1v) is 25.0. The first-order valence-electron chi connectivity index (χ1n) is 17.3. The summed E-state index contributed by atoms with van der Waals surface area (Å²) in [7, 11) is -21.8. The molecular formula is C33H37N9O16S5. The van der Waals surface area contributed by atoms with E-state index in [0.717, 1.165) is 36.4 Å². The van der Waals surface area contributed by atoms with Gasteiger partial charge in [-0.3, -0.25) is 9.11 Å². The van der Waals surface area contributed by atoms with Gasteiger partial charge in [0.1, 0.15) is 27.5 Å². The molecule has 25 nitrogen and oxygen atoms in total. The molecule has 0 aliphatic carbocycles. The molecule has 4 rings (SSSR count). The van der Waals surface area contributed by atoms with Crippen molar-refractivity contribution in [1.29, 1.82) is 0 Å². The van der Waals surface area contributed by atoms with Crippen molar-refractivity contribution in [2.45, 2.75) is 28.5 Å². The van der Waals surface area contributed by atoms with Gasteiger partial charge in [-0.15, -0.1) is 15.3 Å². The average molecular weight is 976 g/mol. The molecular weight excluding hydrogens is 939 g/mol. The molecule has 0 aliphatic rings. The SMILES string of the molecule is CCS(=O)(=O)C(C)(N)c1ccc(N=Nc2c(N)c(/N=N\c3ccc(S(=O)(=O)CCOS(=O)(=O)O)cc3)c(N)c(N=Nc3ccc(S(=O)(=O)CCOS(=O)(=O)O)cc3)c2C(=O)O)cc1. The van der Waals surface area contributed by atoms with E-state index in [4.69, 9.17) is 26.3 Å². The summed E-state index contributed by atoms with van der Waals surface area (Å²) in [6.07, 6.45) is 0. The number of rotatable bonds is 20. The quantitative estimate of drug-likeness (QED) is 0.0402. The zero-order valence-corrected chi connectivity index (χ0v) is 36.7. The molecule has 4 aromatic carbocycles. The number of hydrogen-bond donors (Lipinski definition) is 6. The number of benzene rings is 4. The number of sulfone groups is 3. The van der Waals surface area contributed by atoms with Crippen molar-refractivity contribution in [2.75, 3.05) is 41.9 Å². The zero-order valence-electron chi connectivity index (χ0n) is 32.6. The largest absolute Gasteiger partial charge is 0.478 e. The van der Waals surface area contributed by atoms with Crippen LogP contribution in [-0.4, -0.2) is 92.7 Å². The molecule has 4 aromatic rings. The van der Waals surface area contributed by atoms with E-state index < -0.39 is 120 Å². The second-order valence-corrected chi connectivity index (χ2v) is 21.9. The van der Waals surface area contributed by atoms with Crippen LogP contribution in [0.5, 0.6) is 0 Å². The first kappa shape index (κ1) is 50.0. The molecule has 0 bridgehead atoms. The molecule has 0 amide bonds. The van der Waals surface area contributed by atoms with E-state index in [-0.39, 0.29) is 38.2 Å². The maximum atomic E-state index is 12.8. The zero-order chi connectivity index (χ0) is 47.2. The van der Waals surface area contributed by atoms with Gasteiger partial charge in [0.15, 0.2) is 29.5 Å². The third-order valence-corrected chi connectivity index (χ3v) is 15.1. The van der Waals surface area contributed by atoms with Gasteiger partial charge in [0, 0.05) is 5.75 Å². The number of carboxylic acid groups (broad SMARTS) is 1. The van der Waals surface area contributed by atoms with E-state index in [2.05, 4.69) is 39.1 Å². The standard InChI is InChI=1S/C33H37N9O16S5/c1-3-61(49,50)33(2,36)20-4-6-21(7-5-20)37-40-29-26(32(43)44)30(41-38-22-8-12-24(13-9-22)59(45,46)18-16-57-62(51,52)53)28(35)31(27(29)34)42-39-23-10-14-25(15-11-23)60(47,48)19-17-58-63(54,55)56/h4-15H,3,16-19,34-36H2,1-2H3,(H,43,44)(H,51,52,53)(H,54,55,56)/b40-37?,41-38?,42-39-. The fourth-order valence-electron chi connectivity index (χ4n) is 5.10. The second kappa shape index (κ2) is 19.4. The molecule has 30 heteroatoms. The summed E-state index contributed by atoms with van der Waals surface area (Å²) in [5.74, 6) is -3.58. The maximum absolute atomic E-state index is 12.8. The van der Waals surface area contributed by atoms with Gasteiger partial charge in [0.05, 0.1) is 62.9 Å². The fourth-order valence-corrected chi connectivity index (χ4v) is 9.18. The third kappa shape index (κ3) is 12.9. The van der Waals surface area contributed by atoms with Crippen LogP contribution in [0.2, 0.25) is 0 Å². The Labute approximate surface area is 360 Å². The van der Waals surface area contributed by atoms with Crippen LogP contribution in [0.3, 0.4) is 0 Å². The first-order chi connectivity index (χ1) is 29.1. The van der Waals surface area contributed by atoms with Crippen LogP contribution in [0.25, 0.3) is 0 Å². The fraction of sp³-hybridized carbons (Fsp3) is 0.242. The molecule has 9 N–H and O–H groups in total. The predicted molar refractivity (Wildman–Crippen MR) is 224 cm³/mol. The van der Waals surface area contributed by atoms with Gasteiger partial charge < -0.3 is 22.3 Å². The summed E-state index contributed by atoms with van der Waals surface area (Å²) in [6.45, 7) is 0.988. The van der Waals surface area contributed by atoms with E-state index in [9.17, 15) is 52.0 Å². The van der Waals surface area contributed by atoms with Gasteiger partial charge in [-0.1, -0.05) is 19.1 Å². The minimum absolute atomic E-state index is 0.00716. The summed E-state index contributed by atoms with van der Waals surface area (Å²) in [5.41, 5.74) is 15.7. The number of carboxylic acids is 1. The normalized spacial score (nSPS) is 14.1. The van der Waals surface area contributed by atoms with Crippen molar-refractivity contribution in [3.8, 4) is 0 Å². The number of nitrogens with zero attached hydrogens (tertiary/aromatic N) is 6. The highest BCUT2D eigenvalue weighted by molar-refractivity contribution is 7.92. The Kier molecular flexibility index (Phi) is 15.4. The van der Waals surface area contributed by atoms with Crippen LogP contribution in [0.4, 0.5) is 45.5 Å². The number of nitrogen functional groups attached to an aromatic ring is 2. The Morgan fingerprint density at radius 3 is 1.24 bits per heavy atom. The highest BCUT2D eigenvalue weighted by Crippen LogP contribution is 2.49. The van der Waals surface area contributed by atoms with Crippen LogP contribution in [0.1, 0.15) is 29.8 Å². The maximum Gasteiger partial charge on any atom is 0.397 e. The van der Waals surface area contributed by atoms with Crippen molar-refractivity contribution in [3.05, 3.63) is 83.9 Å². The van der Waals surface area contributed by atoms with Crippen LogP contribution in [-0.2, 0) is 63.5 Å². The molecule has 0 radical (unpaired) electrons. The summed E-state index contributed by atoms with van der Waals surface area (Å²) in [5, 5.41) is 34.4. The predicted octanol–water partition coefficient (Wildman–Crippen LogP) is 4.55. The van der Waals surface area contributed by atoms with E-state index in [1.54, 1.807) is 0 Å². The monoisotopic (exact) mass is 975 g/mol. The number of nitrogens with two attached hydrogens (primary N) is 3. The van der Waals surface area contributed by atoms with Crippen LogP contribution >= 0.6 is 0 Å². The second-order valence-electron chi connectivity index (χ2n) is 12.8. The minimum Gasteiger partial charge on any atom is -0.478 e. The number of anilines is 2. The smallest absolute Gasteiger partial charge is 0.397 e. The molecule has 0 fully saturated rings. The summed E-state index contributed by atoms with van der Waals surface area (Å²) in [4.78, 5) is 10.4. The minimum atomic E-state index is -4.90. The topological polar surface area (TPSA) is 419 Å². The summed E-state index contributed by atoms with van der Waals surface area (Å²) >= 11 is 0. The molecule has 0 spiro atoms. The molecule has 340 valence electrons. The van der Waals surface area contributed by atoms with Crippen LogP contribution in [0.15, 0.2) is 113 Å². The molecule has 63 heavy (non-hydrogen) atoms. The van der Waals surface area contributed by atoms with Crippen LogP contribution < -0.4 is 17.2 Å². The molecule has 0 saturated carbocycles. The van der Waals surface area contributed by atoms with E-state index in [0.29, 0.717) is 0 Å².